The number of phosphoric ester groups is 2. The minimum Gasteiger partial charge on any atom is -0.390 e. The second-order valence-corrected chi connectivity index (χ2v) is 11.0. The minimum absolute atomic E-state index is 0.110. The van der Waals surface area contributed by atoms with Gasteiger partial charge in [-0.05, 0) is 13.8 Å². The number of H-pyrrole nitrogens is 1. The number of nitrogens with one attached hydrogen (secondary N) is 1. The fourth-order valence-corrected chi connectivity index (χ4v) is 5.63. The first-order chi connectivity index (χ1) is 15.7. The number of aromatic nitrogens is 2. The van der Waals surface area contributed by atoms with Gasteiger partial charge in [0.2, 0.25) is 0 Å². The van der Waals surface area contributed by atoms with Gasteiger partial charge in [0.15, 0.2) is 6.29 Å². The van der Waals surface area contributed by atoms with Crippen LogP contribution in [0.3, 0.4) is 0 Å². The Bertz CT molecular complexity index is 1080. The first kappa shape index (κ1) is 27.3. The number of phosphoric acid groups is 2. The fraction of sp³-hybridized carbons (Fsp3) is 0.750. The van der Waals surface area contributed by atoms with E-state index in [0.717, 1.165) is 4.57 Å². The number of aromatic amines is 1. The van der Waals surface area contributed by atoms with E-state index in [0.29, 0.717) is 0 Å². The molecule has 2 saturated heterocycles. The average Bonchev–Trinajstić information content (AvgIpc) is 3.06. The third-order valence-corrected chi connectivity index (χ3v) is 7.90. The highest BCUT2D eigenvalue weighted by Crippen LogP contribution is 2.61. The Hall–Kier alpha value is -1.26. The van der Waals surface area contributed by atoms with Crippen molar-refractivity contribution < 1.29 is 52.0 Å². The van der Waals surface area contributed by atoms with Crippen molar-refractivity contribution in [2.24, 2.45) is 5.73 Å². The van der Waals surface area contributed by atoms with Crippen LogP contribution in [0.25, 0.3) is 0 Å². The van der Waals surface area contributed by atoms with Gasteiger partial charge in [0.05, 0.1) is 24.9 Å². The molecule has 7 N–H and O–H groups in total. The number of hydrogen-bond acceptors (Lipinski definition) is 12. The van der Waals surface area contributed by atoms with E-state index in [1.807, 2.05) is 0 Å². The molecule has 16 nitrogen and oxygen atoms in total. The van der Waals surface area contributed by atoms with Gasteiger partial charge < -0.3 is 35.2 Å². The highest BCUT2D eigenvalue weighted by Gasteiger charge is 2.43. The van der Waals surface area contributed by atoms with Crippen molar-refractivity contribution in [2.75, 3.05) is 6.61 Å². The summed E-state index contributed by atoms with van der Waals surface area (Å²) in [6.07, 6.45) is -5.81. The van der Waals surface area contributed by atoms with E-state index in [1.54, 1.807) is 0 Å². The SMILES string of the molecule is Cc1cn([C@H]2C[C@H](O)[C@@H](COP(=O)(O)OP(=O)(O)O[C@@H]3C[C@@H](N)[C@H](O)[C@@H](C)O3)O2)c(=O)[nH]c1=O. The van der Waals surface area contributed by atoms with Crippen molar-refractivity contribution in [3.05, 3.63) is 32.6 Å². The number of nitrogens with two attached hydrogens (primary N) is 1. The zero-order valence-electron chi connectivity index (χ0n) is 18.1. The number of aliphatic hydroxyl groups is 2. The Morgan fingerprint density at radius 3 is 2.53 bits per heavy atom. The molecular formula is C16H27N3O13P2. The highest BCUT2D eigenvalue weighted by atomic mass is 31.3. The number of rotatable bonds is 8. The van der Waals surface area contributed by atoms with E-state index < -0.39 is 76.5 Å². The molecule has 1 aromatic rings. The van der Waals surface area contributed by atoms with Crippen molar-refractivity contribution in [3.8, 4) is 0 Å². The van der Waals surface area contributed by atoms with Crippen LogP contribution in [0.15, 0.2) is 15.8 Å². The van der Waals surface area contributed by atoms with Gasteiger partial charge in [-0.1, -0.05) is 0 Å². The number of aryl methyl sites for hydroxylation is 1. The molecule has 18 heteroatoms. The zero-order valence-corrected chi connectivity index (χ0v) is 19.9. The average molecular weight is 531 g/mol. The molecule has 0 spiro atoms. The third-order valence-electron chi connectivity index (χ3n) is 5.27. The summed E-state index contributed by atoms with van der Waals surface area (Å²) in [7, 11) is -10.4. The van der Waals surface area contributed by atoms with Crippen LogP contribution in [0.2, 0.25) is 0 Å². The quantitative estimate of drug-likeness (QED) is 0.211. The van der Waals surface area contributed by atoms with Gasteiger partial charge >= 0.3 is 21.3 Å². The van der Waals surface area contributed by atoms with Crippen molar-refractivity contribution >= 4 is 15.6 Å². The molecule has 0 bridgehead atoms. The Labute approximate surface area is 192 Å². The maximum Gasteiger partial charge on any atom is 0.483 e. The van der Waals surface area contributed by atoms with Crippen LogP contribution < -0.4 is 17.0 Å². The van der Waals surface area contributed by atoms with Gasteiger partial charge in [0.25, 0.3) is 5.56 Å². The zero-order chi connectivity index (χ0) is 25.4. The second kappa shape index (κ2) is 10.4. The van der Waals surface area contributed by atoms with Crippen LogP contribution in [0.4, 0.5) is 0 Å². The third kappa shape index (κ3) is 6.69. The van der Waals surface area contributed by atoms with Gasteiger partial charge in [0, 0.05) is 30.6 Å². The predicted octanol–water partition coefficient (Wildman–Crippen LogP) is -1.43. The molecule has 9 atom stereocenters. The van der Waals surface area contributed by atoms with Crippen molar-refractivity contribution in [1.82, 2.24) is 9.55 Å². The van der Waals surface area contributed by atoms with Crippen molar-refractivity contribution in [1.29, 1.82) is 0 Å². The Kier molecular flexibility index (Phi) is 8.35. The minimum atomic E-state index is -5.20. The molecule has 34 heavy (non-hydrogen) atoms. The van der Waals surface area contributed by atoms with E-state index in [1.165, 1.54) is 20.0 Å². The Morgan fingerprint density at radius 2 is 1.88 bits per heavy atom. The molecule has 0 aromatic carbocycles. The lowest BCUT2D eigenvalue weighted by Gasteiger charge is -2.36. The van der Waals surface area contributed by atoms with Gasteiger partial charge in [-0.2, -0.15) is 4.31 Å². The van der Waals surface area contributed by atoms with Gasteiger partial charge in [-0.3, -0.25) is 23.4 Å². The number of ether oxygens (including phenoxy) is 2. The van der Waals surface area contributed by atoms with Crippen molar-refractivity contribution in [3.63, 3.8) is 0 Å². The lowest BCUT2D eigenvalue weighted by molar-refractivity contribution is -0.191. The van der Waals surface area contributed by atoms with E-state index in [-0.39, 0.29) is 18.4 Å². The summed E-state index contributed by atoms with van der Waals surface area (Å²) in [6.45, 7) is 2.16. The summed E-state index contributed by atoms with van der Waals surface area (Å²) in [4.78, 5) is 45.2. The molecule has 2 aliphatic heterocycles. The van der Waals surface area contributed by atoms with Crippen LogP contribution in [-0.2, 0) is 32.0 Å². The normalized spacial score (nSPS) is 35.6. The molecule has 3 heterocycles. The van der Waals surface area contributed by atoms with Crippen molar-refractivity contribution in [2.45, 2.75) is 69.7 Å². The number of aliphatic hydroxyl groups excluding tert-OH is 2. The summed E-state index contributed by atoms with van der Waals surface area (Å²) >= 11 is 0. The fourth-order valence-electron chi connectivity index (χ4n) is 3.48. The molecule has 0 saturated carbocycles. The maximum absolute atomic E-state index is 12.2. The van der Waals surface area contributed by atoms with E-state index >= 15 is 0 Å². The predicted molar refractivity (Wildman–Crippen MR) is 111 cm³/mol. The van der Waals surface area contributed by atoms with Gasteiger partial charge in [0.1, 0.15) is 12.3 Å². The second-order valence-electron chi connectivity index (χ2n) is 7.99. The smallest absolute Gasteiger partial charge is 0.390 e. The van der Waals surface area contributed by atoms with Gasteiger partial charge in [-0.25, -0.2) is 13.9 Å². The van der Waals surface area contributed by atoms with Crippen LogP contribution in [-0.4, -0.2) is 72.9 Å². The number of hydrogen-bond donors (Lipinski definition) is 6. The largest absolute Gasteiger partial charge is 0.483 e. The van der Waals surface area contributed by atoms with Gasteiger partial charge in [-0.15, -0.1) is 0 Å². The molecule has 2 unspecified atom stereocenters. The van der Waals surface area contributed by atoms with Crippen LogP contribution in [0, 0.1) is 6.92 Å². The summed E-state index contributed by atoms with van der Waals surface area (Å²) < 4.78 is 49.6. The lowest BCUT2D eigenvalue weighted by atomic mass is 10.0. The summed E-state index contributed by atoms with van der Waals surface area (Å²) in [5.41, 5.74) is 4.54. The Balaban J connectivity index is 1.56. The Morgan fingerprint density at radius 1 is 1.21 bits per heavy atom. The first-order valence-corrected chi connectivity index (χ1v) is 13.1. The molecule has 3 rings (SSSR count). The molecule has 0 amide bonds. The maximum atomic E-state index is 12.2. The molecule has 194 valence electrons. The van der Waals surface area contributed by atoms with E-state index in [4.69, 9.17) is 19.7 Å². The molecular weight excluding hydrogens is 504 g/mol. The molecule has 0 aliphatic carbocycles. The van der Waals surface area contributed by atoms with E-state index in [2.05, 4.69) is 13.8 Å². The topological polar surface area (TPSA) is 242 Å². The highest BCUT2D eigenvalue weighted by molar-refractivity contribution is 7.61. The van der Waals surface area contributed by atoms with Crippen LogP contribution in [0.1, 0.15) is 31.6 Å². The molecule has 2 fully saturated rings. The van der Waals surface area contributed by atoms with Crippen LogP contribution in [0.5, 0.6) is 0 Å². The molecule has 1 aromatic heterocycles. The number of nitrogens with zero attached hydrogens (tertiary/aromatic N) is 1. The molecule has 2 aliphatic rings. The first-order valence-electron chi connectivity index (χ1n) is 10.1. The molecule has 0 radical (unpaired) electrons. The summed E-state index contributed by atoms with van der Waals surface area (Å²) in [5, 5.41) is 19.9. The summed E-state index contributed by atoms with van der Waals surface area (Å²) in [6, 6.07) is -0.835. The summed E-state index contributed by atoms with van der Waals surface area (Å²) in [5.74, 6) is 0. The lowest BCUT2D eigenvalue weighted by Crippen LogP contribution is -2.51. The van der Waals surface area contributed by atoms with E-state index in [9.17, 15) is 38.7 Å². The standard InChI is InChI=1S/C16H27N3O13P2/c1-7-5-19(16(23)18-15(7)22)12-4-10(20)11(30-12)6-28-33(24,25)32-34(26,27)31-13-3-9(17)14(21)8(2)29-13/h5,8-14,20-21H,3-4,6,17H2,1-2H3,(H,24,25)(H,26,27)(H,18,22,23)/t8-,9-,10+,11-,12-,13-,14-/m1/s1. The monoisotopic (exact) mass is 531 g/mol. The van der Waals surface area contributed by atoms with Crippen LogP contribution >= 0.6 is 15.6 Å².